The molecule has 27 heavy (non-hydrogen) atoms. The highest BCUT2D eigenvalue weighted by atomic mass is 35.5. The number of anilines is 1. The topological polar surface area (TPSA) is 50.7 Å². The smallest absolute Gasteiger partial charge is 0.257 e. The Morgan fingerprint density at radius 1 is 0.963 bits per heavy atom. The van der Waals surface area contributed by atoms with Gasteiger partial charge in [0, 0.05) is 11.3 Å². The van der Waals surface area contributed by atoms with Crippen LogP contribution < -0.4 is 5.32 Å². The summed E-state index contributed by atoms with van der Waals surface area (Å²) < 4.78 is 5.74. The maximum absolute atomic E-state index is 12.3. The van der Waals surface area contributed by atoms with Crippen LogP contribution in [0.3, 0.4) is 0 Å². The molecule has 1 unspecified atom stereocenters. The number of aliphatic imine (C=N–C) groups is 1. The van der Waals surface area contributed by atoms with Gasteiger partial charge in [0.2, 0.25) is 5.90 Å². The van der Waals surface area contributed by atoms with E-state index in [1.807, 2.05) is 54.6 Å². The number of carbonyl (C=O) groups excluding carboxylic acids is 1. The molecule has 1 heterocycles. The first kappa shape index (κ1) is 17.3. The normalized spacial score (nSPS) is 15.7. The second-order valence-electron chi connectivity index (χ2n) is 6.18. The maximum atomic E-state index is 12.3. The molecule has 4 rings (SSSR count). The van der Waals surface area contributed by atoms with Gasteiger partial charge in [-0.3, -0.25) is 4.79 Å². The predicted octanol–water partition coefficient (Wildman–Crippen LogP) is 5.11. The van der Waals surface area contributed by atoms with E-state index in [1.54, 1.807) is 24.3 Å². The second kappa shape index (κ2) is 7.64. The molecule has 1 aliphatic heterocycles. The average Bonchev–Trinajstić information content (AvgIpc) is 3.20. The maximum Gasteiger partial charge on any atom is 0.257 e. The van der Waals surface area contributed by atoms with E-state index in [-0.39, 0.29) is 11.9 Å². The molecule has 134 valence electrons. The van der Waals surface area contributed by atoms with Gasteiger partial charge in [-0.2, -0.15) is 0 Å². The molecular weight excluding hydrogens is 360 g/mol. The van der Waals surface area contributed by atoms with E-state index in [0.717, 1.165) is 11.1 Å². The fourth-order valence-electron chi connectivity index (χ4n) is 2.92. The number of ether oxygens (including phenoxy) is 1. The molecule has 4 nitrogen and oxygen atoms in total. The zero-order valence-electron chi connectivity index (χ0n) is 14.4. The Morgan fingerprint density at radius 3 is 2.41 bits per heavy atom. The lowest BCUT2D eigenvalue weighted by Gasteiger charge is -2.09. The standard InChI is InChI=1S/C22H17ClN2O2/c23-19-9-5-4-8-18(19)21(26)24-17-12-10-15(11-13-17)20-14-27-22(25-20)16-6-2-1-3-7-16/h1-13,20H,14H2,(H,24,26). The van der Waals surface area contributed by atoms with Crippen LogP contribution in [0.1, 0.15) is 27.5 Å². The molecule has 0 bridgehead atoms. The van der Waals surface area contributed by atoms with Crippen molar-refractivity contribution >= 4 is 29.1 Å². The first-order valence-corrected chi connectivity index (χ1v) is 9.00. The van der Waals surface area contributed by atoms with Crippen LogP contribution in [0.25, 0.3) is 0 Å². The third kappa shape index (κ3) is 3.86. The number of nitrogens with zero attached hydrogens (tertiary/aromatic N) is 1. The molecule has 0 radical (unpaired) electrons. The quantitative estimate of drug-likeness (QED) is 0.687. The Morgan fingerprint density at radius 2 is 1.67 bits per heavy atom. The van der Waals surface area contributed by atoms with Crippen molar-refractivity contribution < 1.29 is 9.53 Å². The Kier molecular flexibility index (Phi) is 4.90. The summed E-state index contributed by atoms with van der Waals surface area (Å²) in [6.07, 6.45) is 0. The number of hydrogen-bond donors (Lipinski definition) is 1. The van der Waals surface area contributed by atoms with Gasteiger partial charge in [-0.25, -0.2) is 4.99 Å². The van der Waals surface area contributed by atoms with Gasteiger partial charge in [0.15, 0.2) is 0 Å². The Labute approximate surface area is 162 Å². The van der Waals surface area contributed by atoms with Gasteiger partial charge in [-0.1, -0.05) is 54.1 Å². The molecule has 3 aromatic carbocycles. The van der Waals surface area contributed by atoms with Gasteiger partial charge < -0.3 is 10.1 Å². The number of rotatable bonds is 4. The summed E-state index contributed by atoms with van der Waals surface area (Å²) in [7, 11) is 0. The van der Waals surface area contributed by atoms with Crippen LogP contribution in [0.5, 0.6) is 0 Å². The number of amides is 1. The van der Waals surface area contributed by atoms with Crippen molar-refractivity contribution in [1.29, 1.82) is 0 Å². The SMILES string of the molecule is O=C(Nc1ccc(C2COC(c3ccccc3)=N2)cc1)c1ccccc1Cl. The van der Waals surface area contributed by atoms with Crippen LogP contribution in [0.4, 0.5) is 5.69 Å². The first-order valence-electron chi connectivity index (χ1n) is 8.62. The van der Waals surface area contributed by atoms with E-state index in [0.29, 0.717) is 28.8 Å². The third-order valence-electron chi connectivity index (χ3n) is 4.34. The summed E-state index contributed by atoms with van der Waals surface area (Å²) in [5.41, 5.74) is 3.17. The minimum absolute atomic E-state index is 0.0477. The first-order chi connectivity index (χ1) is 13.2. The van der Waals surface area contributed by atoms with Gasteiger partial charge in [0.1, 0.15) is 12.6 Å². The van der Waals surface area contributed by atoms with Crippen molar-refractivity contribution in [1.82, 2.24) is 0 Å². The fourth-order valence-corrected chi connectivity index (χ4v) is 3.14. The molecule has 1 N–H and O–H groups in total. The van der Waals surface area contributed by atoms with Crippen LogP contribution in [0.15, 0.2) is 83.9 Å². The lowest BCUT2D eigenvalue weighted by molar-refractivity contribution is 0.102. The van der Waals surface area contributed by atoms with Crippen molar-refractivity contribution in [2.45, 2.75) is 6.04 Å². The minimum Gasteiger partial charge on any atom is -0.475 e. The lowest BCUT2D eigenvalue weighted by atomic mass is 10.1. The number of hydrogen-bond acceptors (Lipinski definition) is 3. The Hall–Kier alpha value is -3.11. The van der Waals surface area contributed by atoms with Gasteiger partial charge in [0.05, 0.1) is 10.6 Å². The third-order valence-corrected chi connectivity index (χ3v) is 4.67. The molecule has 0 aromatic heterocycles. The van der Waals surface area contributed by atoms with Gasteiger partial charge in [0.25, 0.3) is 5.91 Å². The van der Waals surface area contributed by atoms with Crippen LogP contribution in [-0.4, -0.2) is 18.4 Å². The van der Waals surface area contributed by atoms with Crippen molar-refractivity contribution in [2.75, 3.05) is 11.9 Å². The Balaban J connectivity index is 1.46. The second-order valence-corrected chi connectivity index (χ2v) is 6.59. The van der Waals surface area contributed by atoms with E-state index in [2.05, 4.69) is 10.3 Å². The van der Waals surface area contributed by atoms with E-state index in [4.69, 9.17) is 16.3 Å². The molecule has 0 aliphatic carbocycles. The Bertz CT molecular complexity index is 985. The zero-order valence-corrected chi connectivity index (χ0v) is 15.2. The predicted molar refractivity (Wildman–Crippen MR) is 108 cm³/mol. The van der Waals surface area contributed by atoms with Gasteiger partial charge in [-0.15, -0.1) is 0 Å². The monoisotopic (exact) mass is 376 g/mol. The fraction of sp³-hybridized carbons (Fsp3) is 0.0909. The zero-order chi connectivity index (χ0) is 18.6. The summed E-state index contributed by atoms with van der Waals surface area (Å²) in [4.78, 5) is 17.0. The molecule has 0 spiro atoms. The summed E-state index contributed by atoms with van der Waals surface area (Å²) in [6.45, 7) is 0.509. The summed E-state index contributed by atoms with van der Waals surface area (Å²) in [6, 6.07) is 24.4. The van der Waals surface area contributed by atoms with Crippen molar-refractivity contribution in [3.05, 3.63) is 101 Å². The molecular formula is C22H17ClN2O2. The molecule has 0 saturated carbocycles. The van der Waals surface area contributed by atoms with Crippen LogP contribution in [0, 0.1) is 0 Å². The minimum atomic E-state index is -0.234. The van der Waals surface area contributed by atoms with E-state index < -0.39 is 0 Å². The highest BCUT2D eigenvalue weighted by Gasteiger charge is 2.21. The highest BCUT2D eigenvalue weighted by Crippen LogP contribution is 2.26. The van der Waals surface area contributed by atoms with Crippen LogP contribution >= 0.6 is 11.6 Å². The molecule has 0 saturated heterocycles. The highest BCUT2D eigenvalue weighted by molar-refractivity contribution is 6.34. The molecule has 5 heteroatoms. The number of halogens is 1. The average molecular weight is 377 g/mol. The van der Waals surface area contributed by atoms with Crippen molar-refractivity contribution in [3.8, 4) is 0 Å². The van der Waals surface area contributed by atoms with Crippen molar-refractivity contribution in [2.24, 2.45) is 4.99 Å². The van der Waals surface area contributed by atoms with E-state index in [9.17, 15) is 4.79 Å². The van der Waals surface area contributed by atoms with Crippen LogP contribution in [0.2, 0.25) is 5.02 Å². The van der Waals surface area contributed by atoms with Gasteiger partial charge in [-0.05, 0) is 42.0 Å². The molecule has 3 aromatic rings. The molecule has 1 aliphatic rings. The van der Waals surface area contributed by atoms with E-state index in [1.165, 1.54) is 0 Å². The summed E-state index contributed by atoms with van der Waals surface area (Å²) >= 11 is 6.07. The summed E-state index contributed by atoms with van der Waals surface area (Å²) in [5, 5.41) is 3.29. The van der Waals surface area contributed by atoms with Crippen LogP contribution in [-0.2, 0) is 4.74 Å². The lowest BCUT2D eigenvalue weighted by Crippen LogP contribution is -2.12. The summed E-state index contributed by atoms with van der Waals surface area (Å²) in [5.74, 6) is 0.429. The van der Waals surface area contributed by atoms with Crippen molar-refractivity contribution in [3.63, 3.8) is 0 Å². The number of nitrogens with one attached hydrogen (secondary N) is 1. The number of carbonyl (C=O) groups is 1. The molecule has 1 amide bonds. The van der Waals surface area contributed by atoms with E-state index >= 15 is 0 Å². The molecule has 0 fully saturated rings. The molecule has 1 atom stereocenters. The number of benzene rings is 3. The van der Waals surface area contributed by atoms with Gasteiger partial charge >= 0.3 is 0 Å². The largest absolute Gasteiger partial charge is 0.475 e.